The minimum atomic E-state index is 0.918. The van der Waals surface area contributed by atoms with Crippen molar-refractivity contribution in [2.75, 3.05) is 38.2 Å². The summed E-state index contributed by atoms with van der Waals surface area (Å²) in [5.74, 6) is 0.936. The summed E-state index contributed by atoms with van der Waals surface area (Å²) in [6, 6.07) is 16.8. The van der Waals surface area contributed by atoms with E-state index < -0.39 is 0 Å². The second-order valence-electron chi connectivity index (χ2n) is 5.95. The fourth-order valence-electron chi connectivity index (χ4n) is 2.93. The molecule has 1 heterocycles. The second-order valence-corrected chi connectivity index (χ2v) is 5.95. The SMILES string of the molecule is CCc1ccc(/C=N\N2CCN(c3ccccc3OC)CC2)cc1. The zero-order chi connectivity index (χ0) is 16.8. The van der Waals surface area contributed by atoms with E-state index in [0.717, 1.165) is 43.9 Å². The quantitative estimate of drug-likeness (QED) is 0.789. The highest BCUT2D eigenvalue weighted by Crippen LogP contribution is 2.28. The molecule has 2 aromatic rings. The van der Waals surface area contributed by atoms with E-state index in [-0.39, 0.29) is 0 Å². The van der Waals surface area contributed by atoms with Crippen molar-refractivity contribution in [1.29, 1.82) is 0 Å². The molecular formula is C20H25N3O. The summed E-state index contributed by atoms with van der Waals surface area (Å²) in [5.41, 5.74) is 3.68. The van der Waals surface area contributed by atoms with Crippen LogP contribution >= 0.6 is 0 Å². The first-order valence-corrected chi connectivity index (χ1v) is 8.56. The zero-order valence-corrected chi connectivity index (χ0v) is 14.5. The van der Waals surface area contributed by atoms with Crippen LogP contribution in [0.4, 0.5) is 5.69 Å². The minimum Gasteiger partial charge on any atom is -0.495 e. The van der Waals surface area contributed by atoms with E-state index >= 15 is 0 Å². The van der Waals surface area contributed by atoms with Gasteiger partial charge in [-0.25, -0.2) is 0 Å². The number of methoxy groups -OCH3 is 1. The van der Waals surface area contributed by atoms with E-state index in [9.17, 15) is 0 Å². The van der Waals surface area contributed by atoms with Crippen molar-refractivity contribution >= 4 is 11.9 Å². The summed E-state index contributed by atoms with van der Waals surface area (Å²) in [4.78, 5) is 2.36. The summed E-state index contributed by atoms with van der Waals surface area (Å²) in [7, 11) is 1.73. The van der Waals surface area contributed by atoms with Crippen molar-refractivity contribution < 1.29 is 4.74 Å². The van der Waals surface area contributed by atoms with E-state index in [1.807, 2.05) is 18.3 Å². The smallest absolute Gasteiger partial charge is 0.142 e. The molecular weight excluding hydrogens is 298 g/mol. The van der Waals surface area contributed by atoms with Gasteiger partial charge >= 0.3 is 0 Å². The van der Waals surface area contributed by atoms with E-state index in [0.29, 0.717) is 0 Å². The fraction of sp³-hybridized carbons (Fsp3) is 0.350. The lowest BCUT2D eigenvalue weighted by Crippen LogP contribution is -2.44. The van der Waals surface area contributed by atoms with Gasteiger partial charge in [0.05, 0.1) is 32.1 Å². The lowest BCUT2D eigenvalue weighted by atomic mass is 10.1. The third-order valence-corrected chi connectivity index (χ3v) is 4.44. The van der Waals surface area contributed by atoms with Gasteiger partial charge in [0.15, 0.2) is 0 Å². The second kappa shape index (κ2) is 7.86. The van der Waals surface area contributed by atoms with Crippen molar-refractivity contribution in [2.24, 2.45) is 5.10 Å². The maximum absolute atomic E-state index is 5.46. The van der Waals surface area contributed by atoms with Crippen LogP contribution in [0.15, 0.2) is 53.6 Å². The highest BCUT2D eigenvalue weighted by molar-refractivity contribution is 5.79. The molecule has 4 nitrogen and oxygen atoms in total. The molecule has 0 unspecified atom stereocenters. The van der Waals surface area contributed by atoms with Crippen LogP contribution in [-0.2, 0) is 6.42 Å². The molecule has 1 aliphatic rings. The number of aryl methyl sites for hydroxylation is 1. The normalized spacial score (nSPS) is 15.1. The van der Waals surface area contributed by atoms with Crippen molar-refractivity contribution in [3.8, 4) is 5.75 Å². The monoisotopic (exact) mass is 323 g/mol. The van der Waals surface area contributed by atoms with Crippen LogP contribution in [0.2, 0.25) is 0 Å². The third kappa shape index (κ3) is 3.88. The highest BCUT2D eigenvalue weighted by Gasteiger charge is 2.18. The number of para-hydroxylation sites is 2. The van der Waals surface area contributed by atoms with Crippen LogP contribution in [0.5, 0.6) is 5.75 Å². The summed E-state index contributed by atoms with van der Waals surface area (Å²) >= 11 is 0. The average Bonchev–Trinajstić information content (AvgIpc) is 2.67. The predicted molar refractivity (Wildman–Crippen MR) is 100 cm³/mol. The molecule has 0 amide bonds. The van der Waals surface area contributed by atoms with Gasteiger partial charge in [0, 0.05) is 13.1 Å². The van der Waals surface area contributed by atoms with E-state index in [1.54, 1.807) is 7.11 Å². The van der Waals surface area contributed by atoms with Gasteiger partial charge in [0.2, 0.25) is 0 Å². The molecule has 0 aromatic heterocycles. The first kappa shape index (κ1) is 16.4. The first-order chi connectivity index (χ1) is 11.8. The first-order valence-electron chi connectivity index (χ1n) is 8.56. The van der Waals surface area contributed by atoms with Crippen LogP contribution in [0, 0.1) is 0 Å². The average molecular weight is 323 g/mol. The molecule has 0 saturated carbocycles. The highest BCUT2D eigenvalue weighted by atomic mass is 16.5. The lowest BCUT2D eigenvalue weighted by molar-refractivity contribution is 0.271. The maximum atomic E-state index is 5.46. The maximum Gasteiger partial charge on any atom is 0.142 e. The molecule has 1 aliphatic heterocycles. The van der Waals surface area contributed by atoms with E-state index in [2.05, 4.69) is 58.3 Å². The summed E-state index contributed by atoms with van der Waals surface area (Å²) in [5, 5.41) is 6.77. The molecule has 126 valence electrons. The predicted octanol–water partition coefficient (Wildman–Crippen LogP) is 3.41. The number of piperazine rings is 1. The number of hydrogen-bond acceptors (Lipinski definition) is 4. The van der Waals surface area contributed by atoms with Crippen LogP contribution in [0.3, 0.4) is 0 Å². The molecule has 0 radical (unpaired) electrons. The van der Waals surface area contributed by atoms with Gasteiger partial charge < -0.3 is 9.64 Å². The summed E-state index contributed by atoms with van der Waals surface area (Å²) in [6.45, 7) is 5.91. The Morgan fingerprint density at radius 3 is 2.38 bits per heavy atom. The van der Waals surface area contributed by atoms with Gasteiger partial charge in [-0.3, -0.25) is 5.01 Å². The van der Waals surface area contributed by atoms with Gasteiger partial charge in [-0.15, -0.1) is 0 Å². The van der Waals surface area contributed by atoms with Crippen LogP contribution < -0.4 is 9.64 Å². The van der Waals surface area contributed by atoms with Crippen molar-refractivity contribution in [3.05, 3.63) is 59.7 Å². The van der Waals surface area contributed by atoms with Crippen molar-refractivity contribution in [3.63, 3.8) is 0 Å². The van der Waals surface area contributed by atoms with Crippen LogP contribution in [-0.4, -0.2) is 44.5 Å². The molecule has 3 rings (SSSR count). The molecule has 1 saturated heterocycles. The summed E-state index contributed by atoms with van der Waals surface area (Å²) in [6.07, 6.45) is 3.03. The molecule has 0 atom stereocenters. The Morgan fingerprint density at radius 1 is 1.00 bits per heavy atom. The molecule has 24 heavy (non-hydrogen) atoms. The van der Waals surface area contributed by atoms with E-state index in [4.69, 9.17) is 4.74 Å². The molecule has 1 fully saturated rings. The Labute approximate surface area is 144 Å². The Morgan fingerprint density at radius 2 is 1.71 bits per heavy atom. The molecule has 2 aromatic carbocycles. The number of nitrogens with zero attached hydrogens (tertiary/aromatic N) is 3. The number of ether oxygens (including phenoxy) is 1. The zero-order valence-electron chi connectivity index (χ0n) is 14.5. The van der Waals surface area contributed by atoms with E-state index in [1.165, 1.54) is 11.3 Å². The Balaban J connectivity index is 1.57. The van der Waals surface area contributed by atoms with Crippen molar-refractivity contribution in [2.45, 2.75) is 13.3 Å². The van der Waals surface area contributed by atoms with Gasteiger partial charge in [-0.2, -0.15) is 5.10 Å². The van der Waals surface area contributed by atoms with Crippen LogP contribution in [0.25, 0.3) is 0 Å². The fourth-order valence-corrected chi connectivity index (χ4v) is 2.93. The number of hydrazone groups is 1. The minimum absolute atomic E-state index is 0.918. The third-order valence-electron chi connectivity index (χ3n) is 4.44. The molecule has 0 aliphatic carbocycles. The number of hydrogen-bond donors (Lipinski definition) is 0. The van der Waals surface area contributed by atoms with Crippen LogP contribution in [0.1, 0.15) is 18.1 Å². The Bertz CT molecular complexity index is 674. The number of rotatable bonds is 5. The van der Waals surface area contributed by atoms with Gasteiger partial charge in [-0.1, -0.05) is 43.3 Å². The number of anilines is 1. The molecule has 0 N–H and O–H groups in total. The van der Waals surface area contributed by atoms with Gasteiger partial charge in [0.25, 0.3) is 0 Å². The standard InChI is InChI=1S/C20H25N3O/c1-3-17-8-10-18(11-9-17)16-21-23-14-12-22(13-15-23)19-6-4-5-7-20(19)24-2/h4-11,16H,3,12-15H2,1-2H3/b21-16-. The molecule has 0 bridgehead atoms. The number of benzene rings is 2. The Kier molecular flexibility index (Phi) is 5.36. The van der Waals surface area contributed by atoms with Gasteiger partial charge in [0.1, 0.15) is 5.75 Å². The van der Waals surface area contributed by atoms with Crippen molar-refractivity contribution in [1.82, 2.24) is 5.01 Å². The summed E-state index contributed by atoms with van der Waals surface area (Å²) < 4.78 is 5.46. The lowest BCUT2D eigenvalue weighted by Gasteiger charge is -2.35. The Hall–Kier alpha value is -2.49. The topological polar surface area (TPSA) is 28.1 Å². The molecule has 0 spiro atoms. The largest absolute Gasteiger partial charge is 0.495 e. The van der Waals surface area contributed by atoms with Gasteiger partial charge in [-0.05, 0) is 29.7 Å². The molecule has 4 heteroatoms.